The molecule has 28 heavy (non-hydrogen) atoms. The van der Waals surface area contributed by atoms with Crippen LogP contribution in [0, 0.1) is 22.7 Å². The first-order valence-corrected chi connectivity index (χ1v) is 8.24. The minimum Gasteiger partial charge on any atom is -0.388 e. The molecule has 0 fully saturated rings. The van der Waals surface area contributed by atoms with Crippen molar-refractivity contribution in [3.05, 3.63) is 50.5 Å². The number of nitriles is 2. The number of hydrogen-bond acceptors (Lipinski definition) is 6. The Morgan fingerprint density at radius 2 is 1.86 bits per heavy atom. The van der Waals surface area contributed by atoms with E-state index >= 15 is 0 Å². The van der Waals surface area contributed by atoms with Crippen LogP contribution in [0.1, 0.15) is 23.9 Å². The van der Waals surface area contributed by atoms with E-state index in [1.54, 1.807) is 19.1 Å². The van der Waals surface area contributed by atoms with Gasteiger partial charge in [0, 0.05) is 0 Å². The lowest BCUT2D eigenvalue weighted by atomic mass is 10.2. The summed E-state index contributed by atoms with van der Waals surface area (Å²) in [6.07, 6.45) is -3.07. The van der Waals surface area contributed by atoms with Gasteiger partial charge >= 0.3 is 6.18 Å². The van der Waals surface area contributed by atoms with E-state index in [-0.39, 0.29) is 32.8 Å². The molecule has 0 amide bonds. The van der Waals surface area contributed by atoms with Gasteiger partial charge in [0.1, 0.15) is 29.2 Å². The molecule has 1 aromatic heterocycles. The zero-order chi connectivity index (χ0) is 21.1. The maximum atomic E-state index is 12.9. The smallest absolute Gasteiger partial charge is 0.388 e. The van der Waals surface area contributed by atoms with Crippen LogP contribution in [0.25, 0.3) is 5.69 Å². The van der Waals surface area contributed by atoms with Crippen molar-refractivity contribution < 1.29 is 13.2 Å². The SMILES string of the molecule is CCc1nn(-c2c(Cl)cc(C(F)(F)F)cc2Cl)nc1C=NC(C#N)=C(N)C#N. The number of hydrogen-bond donors (Lipinski definition) is 1. The molecule has 0 spiro atoms. The zero-order valence-corrected chi connectivity index (χ0v) is 15.6. The average molecular weight is 428 g/mol. The minimum atomic E-state index is -4.61. The standard InChI is InChI=1S/C16H10Cl2F3N7/c1-2-12-14(7-25-13(6-23)11(24)5-22)27-28(26-12)15-9(17)3-8(4-10(15)18)16(19,20)21/h3-4,7H,2,24H2,1H3. The molecule has 2 rings (SSSR count). The van der Waals surface area contributed by atoms with Gasteiger partial charge in [0.25, 0.3) is 0 Å². The summed E-state index contributed by atoms with van der Waals surface area (Å²) in [6.45, 7) is 1.76. The van der Waals surface area contributed by atoms with Crippen LogP contribution in [0.4, 0.5) is 13.2 Å². The molecule has 0 aliphatic carbocycles. The van der Waals surface area contributed by atoms with Gasteiger partial charge in [-0.2, -0.15) is 28.8 Å². The fourth-order valence-electron chi connectivity index (χ4n) is 2.06. The van der Waals surface area contributed by atoms with Gasteiger partial charge in [0.05, 0.1) is 27.5 Å². The Balaban J connectivity index is 2.54. The summed E-state index contributed by atoms with van der Waals surface area (Å²) in [5, 5.41) is 25.3. The van der Waals surface area contributed by atoms with E-state index in [0.717, 1.165) is 23.1 Å². The van der Waals surface area contributed by atoms with Gasteiger partial charge in [0.15, 0.2) is 5.70 Å². The van der Waals surface area contributed by atoms with Crippen molar-refractivity contribution >= 4 is 29.4 Å². The summed E-state index contributed by atoms with van der Waals surface area (Å²) in [4.78, 5) is 4.79. The van der Waals surface area contributed by atoms with Crippen LogP contribution in [0.2, 0.25) is 10.0 Å². The van der Waals surface area contributed by atoms with Crippen LogP contribution in [0.15, 0.2) is 28.5 Å². The summed E-state index contributed by atoms with van der Waals surface area (Å²) in [6, 6.07) is 4.70. The second-order valence-electron chi connectivity index (χ2n) is 5.21. The molecule has 2 N–H and O–H groups in total. The normalized spacial score (nSPS) is 12.6. The lowest BCUT2D eigenvalue weighted by molar-refractivity contribution is -0.137. The number of halogens is 5. The predicted molar refractivity (Wildman–Crippen MR) is 95.8 cm³/mol. The van der Waals surface area contributed by atoms with Gasteiger partial charge in [-0.15, -0.1) is 9.90 Å². The topological polar surface area (TPSA) is 117 Å². The molecule has 1 aromatic carbocycles. The maximum Gasteiger partial charge on any atom is 0.416 e. The molecule has 7 nitrogen and oxygen atoms in total. The molecular weight excluding hydrogens is 418 g/mol. The van der Waals surface area contributed by atoms with Crippen molar-refractivity contribution in [3.63, 3.8) is 0 Å². The van der Waals surface area contributed by atoms with Gasteiger partial charge in [-0.1, -0.05) is 30.1 Å². The fraction of sp³-hybridized carbons (Fsp3) is 0.188. The van der Waals surface area contributed by atoms with Crippen LogP contribution >= 0.6 is 23.2 Å². The molecule has 0 aliphatic rings. The van der Waals surface area contributed by atoms with Crippen LogP contribution in [-0.2, 0) is 12.6 Å². The van der Waals surface area contributed by atoms with Crippen molar-refractivity contribution in [2.45, 2.75) is 19.5 Å². The van der Waals surface area contributed by atoms with E-state index in [1.165, 1.54) is 0 Å². The summed E-state index contributed by atoms with van der Waals surface area (Å²) in [7, 11) is 0. The van der Waals surface area contributed by atoms with Crippen molar-refractivity contribution in [1.82, 2.24) is 15.0 Å². The van der Waals surface area contributed by atoms with E-state index in [9.17, 15) is 13.2 Å². The quantitative estimate of drug-likeness (QED) is 0.588. The maximum absolute atomic E-state index is 12.9. The number of aromatic nitrogens is 3. The highest BCUT2D eigenvalue weighted by Gasteiger charge is 2.32. The summed E-state index contributed by atoms with van der Waals surface area (Å²) < 4.78 is 38.6. The number of rotatable bonds is 4. The monoisotopic (exact) mass is 427 g/mol. The second-order valence-corrected chi connectivity index (χ2v) is 6.02. The summed E-state index contributed by atoms with van der Waals surface area (Å²) in [5.41, 5.74) is 4.23. The molecule has 0 saturated carbocycles. The van der Waals surface area contributed by atoms with E-state index in [4.69, 9.17) is 39.5 Å². The number of nitrogens with zero attached hydrogens (tertiary/aromatic N) is 6. The Labute approximate surface area is 167 Å². The van der Waals surface area contributed by atoms with Gasteiger partial charge in [-0.25, -0.2) is 4.99 Å². The average Bonchev–Trinajstić information content (AvgIpc) is 3.03. The number of benzene rings is 1. The summed E-state index contributed by atoms with van der Waals surface area (Å²) >= 11 is 11.9. The molecule has 0 atom stereocenters. The van der Waals surface area contributed by atoms with Crippen LogP contribution < -0.4 is 5.73 Å². The third kappa shape index (κ3) is 4.42. The zero-order valence-electron chi connectivity index (χ0n) is 14.1. The van der Waals surface area contributed by atoms with Crippen molar-refractivity contribution in [2.24, 2.45) is 10.7 Å². The number of allylic oxidation sites excluding steroid dienone is 2. The molecule has 1 heterocycles. The third-order valence-corrected chi connectivity index (χ3v) is 3.97. The summed E-state index contributed by atoms with van der Waals surface area (Å²) in [5.74, 6) is 0. The number of aryl methyl sites for hydroxylation is 1. The Kier molecular flexibility index (Phi) is 6.29. The molecule has 0 bridgehead atoms. The van der Waals surface area contributed by atoms with Crippen molar-refractivity contribution in [3.8, 4) is 17.8 Å². The number of nitrogens with two attached hydrogens (primary N) is 1. The van der Waals surface area contributed by atoms with Crippen molar-refractivity contribution in [1.29, 1.82) is 10.5 Å². The van der Waals surface area contributed by atoms with E-state index in [2.05, 4.69) is 15.2 Å². The predicted octanol–water partition coefficient (Wildman–Crippen LogP) is 3.79. The van der Waals surface area contributed by atoms with E-state index in [0.29, 0.717) is 12.1 Å². The lowest BCUT2D eigenvalue weighted by Crippen LogP contribution is -2.08. The Morgan fingerprint density at radius 3 is 2.32 bits per heavy atom. The molecule has 0 unspecified atom stereocenters. The van der Waals surface area contributed by atoms with Gasteiger partial charge in [0.2, 0.25) is 0 Å². The van der Waals surface area contributed by atoms with Gasteiger partial charge in [-0.3, -0.25) is 0 Å². The Bertz CT molecular complexity index is 1030. The molecular formula is C16H10Cl2F3N7. The van der Waals surface area contributed by atoms with Crippen LogP contribution in [-0.4, -0.2) is 21.2 Å². The highest BCUT2D eigenvalue weighted by molar-refractivity contribution is 6.37. The van der Waals surface area contributed by atoms with Crippen molar-refractivity contribution in [2.75, 3.05) is 0 Å². The molecule has 0 aliphatic heterocycles. The fourth-order valence-corrected chi connectivity index (χ4v) is 2.70. The first-order valence-electron chi connectivity index (χ1n) is 7.49. The first-order chi connectivity index (χ1) is 13.1. The van der Waals surface area contributed by atoms with E-state index < -0.39 is 11.7 Å². The van der Waals surface area contributed by atoms with Crippen LogP contribution in [0.3, 0.4) is 0 Å². The Hall–Kier alpha value is -3.08. The molecule has 144 valence electrons. The third-order valence-electron chi connectivity index (χ3n) is 3.39. The van der Waals surface area contributed by atoms with Crippen LogP contribution in [0.5, 0.6) is 0 Å². The largest absolute Gasteiger partial charge is 0.416 e. The van der Waals surface area contributed by atoms with Gasteiger partial charge < -0.3 is 5.73 Å². The molecule has 2 aromatic rings. The highest BCUT2D eigenvalue weighted by Crippen LogP contribution is 2.37. The molecule has 0 saturated heterocycles. The Morgan fingerprint density at radius 1 is 1.25 bits per heavy atom. The van der Waals surface area contributed by atoms with E-state index in [1.807, 2.05) is 0 Å². The molecule has 12 heteroatoms. The first kappa shape index (κ1) is 21.2. The lowest BCUT2D eigenvalue weighted by Gasteiger charge is -2.11. The highest BCUT2D eigenvalue weighted by atomic mass is 35.5. The van der Waals surface area contributed by atoms with Gasteiger partial charge in [-0.05, 0) is 18.6 Å². The number of aliphatic imine (C=N–C) groups is 1. The molecule has 0 radical (unpaired) electrons. The second kappa shape index (κ2) is 8.30. The minimum absolute atomic E-state index is 0.0433. The number of alkyl halides is 3.